The first kappa shape index (κ1) is 37.6. The van der Waals surface area contributed by atoms with Gasteiger partial charge in [-0.1, -0.05) is 115 Å². The molecule has 65 heavy (non-hydrogen) atoms. The van der Waals surface area contributed by atoms with Gasteiger partial charge in [-0.05, 0) is 132 Å². The Hall–Kier alpha value is -7.96. The molecule has 13 aromatic rings. The van der Waals surface area contributed by atoms with Crippen molar-refractivity contribution in [3.05, 3.63) is 237 Å². The Balaban J connectivity index is 0.937. The zero-order valence-electron chi connectivity index (χ0n) is 35.2. The van der Waals surface area contributed by atoms with Crippen LogP contribution in [-0.4, -0.2) is 4.57 Å². The summed E-state index contributed by atoms with van der Waals surface area (Å²) >= 11 is 3.71. The number of hydrogen-bond acceptors (Lipinski definition) is 4. The summed E-state index contributed by atoms with van der Waals surface area (Å²) in [6.07, 6.45) is 0. The summed E-state index contributed by atoms with van der Waals surface area (Å²) in [5.74, 6) is 0. The van der Waals surface area contributed by atoms with Crippen LogP contribution in [0.3, 0.4) is 0 Å². The molecule has 3 heterocycles. The first-order chi connectivity index (χ1) is 32.2. The average Bonchev–Trinajstić information content (AvgIpc) is 4.04. The van der Waals surface area contributed by atoms with Crippen molar-refractivity contribution in [3.8, 4) is 16.8 Å². The van der Waals surface area contributed by atoms with Gasteiger partial charge in [-0.3, -0.25) is 0 Å². The highest BCUT2D eigenvalue weighted by atomic mass is 32.1. The molecule has 0 aliphatic rings. The number of hydrogen-bond donors (Lipinski definition) is 0. The predicted octanol–water partition coefficient (Wildman–Crippen LogP) is 18.1. The Morgan fingerprint density at radius 3 is 1.37 bits per heavy atom. The third-order valence-corrected chi connectivity index (χ3v) is 15.0. The summed E-state index contributed by atoms with van der Waals surface area (Å²) < 4.78 is 7.55. The molecular weight excluding hydrogens is 827 g/mol. The maximum atomic E-state index is 2.40. The van der Waals surface area contributed by atoms with Gasteiger partial charge in [0.1, 0.15) is 0 Å². The van der Waals surface area contributed by atoms with Gasteiger partial charge in [0, 0.05) is 90.9 Å². The average molecular weight is 866 g/mol. The summed E-state index contributed by atoms with van der Waals surface area (Å²) in [5.41, 5.74) is 12.6. The molecule has 10 aromatic carbocycles. The van der Waals surface area contributed by atoms with Crippen molar-refractivity contribution in [1.29, 1.82) is 0 Å². The molecule has 0 amide bonds. The lowest BCUT2D eigenvalue weighted by Gasteiger charge is -2.29. The van der Waals surface area contributed by atoms with Crippen LogP contribution >= 0.6 is 22.7 Å². The lowest BCUT2D eigenvalue weighted by atomic mass is 10.0. The minimum absolute atomic E-state index is 1.08. The highest BCUT2D eigenvalue weighted by Crippen LogP contribution is 2.45. The zero-order valence-corrected chi connectivity index (χ0v) is 36.8. The molecule has 0 bridgehead atoms. The van der Waals surface area contributed by atoms with Gasteiger partial charge in [-0.25, -0.2) is 0 Å². The predicted molar refractivity (Wildman–Crippen MR) is 281 cm³/mol. The molecule has 13 rings (SSSR count). The molecule has 0 aliphatic carbocycles. The van der Waals surface area contributed by atoms with Crippen LogP contribution in [0.1, 0.15) is 0 Å². The molecule has 0 saturated heterocycles. The van der Waals surface area contributed by atoms with Crippen molar-refractivity contribution in [1.82, 2.24) is 4.57 Å². The number of aromatic nitrogens is 1. The van der Waals surface area contributed by atoms with E-state index in [1.807, 2.05) is 22.7 Å². The molecule has 0 fully saturated rings. The summed E-state index contributed by atoms with van der Waals surface area (Å²) in [5, 5.41) is 7.61. The topological polar surface area (TPSA) is 11.4 Å². The third-order valence-electron chi connectivity index (χ3n) is 12.7. The molecule has 0 spiro atoms. The molecule has 306 valence electrons. The number of anilines is 6. The first-order valence-corrected chi connectivity index (χ1v) is 23.6. The van der Waals surface area contributed by atoms with Crippen LogP contribution in [0.25, 0.3) is 79.0 Å². The quantitative estimate of drug-likeness (QED) is 0.151. The number of benzene rings is 10. The Morgan fingerprint density at radius 2 is 0.708 bits per heavy atom. The minimum Gasteiger partial charge on any atom is -0.310 e. The normalized spacial score (nSPS) is 11.7. The monoisotopic (exact) mass is 865 g/mol. The van der Waals surface area contributed by atoms with Gasteiger partial charge in [0.25, 0.3) is 0 Å². The van der Waals surface area contributed by atoms with Crippen LogP contribution in [0.4, 0.5) is 34.1 Å². The Labute approximate surface area is 384 Å². The minimum atomic E-state index is 1.08. The molecular formula is C60H39N3S2. The number of nitrogens with zero attached hydrogens (tertiary/aromatic N) is 3. The fourth-order valence-corrected chi connectivity index (χ4v) is 11.9. The van der Waals surface area contributed by atoms with Crippen molar-refractivity contribution >= 4 is 119 Å². The van der Waals surface area contributed by atoms with Gasteiger partial charge >= 0.3 is 0 Å². The van der Waals surface area contributed by atoms with Gasteiger partial charge in [0.2, 0.25) is 0 Å². The van der Waals surface area contributed by atoms with E-state index in [9.17, 15) is 0 Å². The van der Waals surface area contributed by atoms with Gasteiger partial charge in [0.05, 0.1) is 11.0 Å². The van der Waals surface area contributed by atoms with E-state index in [-0.39, 0.29) is 0 Å². The second kappa shape index (κ2) is 15.4. The summed E-state index contributed by atoms with van der Waals surface area (Å²) in [6.45, 7) is 0. The van der Waals surface area contributed by atoms with Crippen LogP contribution in [0.15, 0.2) is 237 Å². The largest absolute Gasteiger partial charge is 0.310 e. The molecule has 0 radical (unpaired) electrons. The molecule has 3 nitrogen and oxygen atoms in total. The highest BCUT2D eigenvalue weighted by molar-refractivity contribution is 7.26. The first-order valence-electron chi connectivity index (χ1n) is 22.0. The van der Waals surface area contributed by atoms with E-state index in [4.69, 9.17) is 0 Å². The van der Waals surface area contributed by atoms with E-state index in [0.29, 0.717) is 0 Å². The zero-order chi connectivity index (χ0) is 42.8. The summed E-state index contributed by atoms with van der Waals surface area (Å²) in [7, 11) is 0. The summed E-state index contributed by atoms with van der Waals surface area (Å²) in [6, 6.07) is 86.4. The van der Waals surface area contributed by atoms with Crippen LogP contribution < -0.4 is 9.80 Å². The van der Waals surface area contributed by atoms with E-state index in [2.05, 4.69) is 251 Å². The molecule has 0 atom stereocenters. The van der Waals surface area contributed by atoms with E-state index in [0.717, 1.165) is 39.8 Å². The number of thiophene rings is 2. The molecule has 0 saturated carbocycles. The standard InChI is InChI=1S/C60H39N3S2/c1-4-15-42(16-5-1)61(47-29-33-59-53(38-47)51-24-11-13-26-57(51)64-59)45-21-14-22-46(37-45)62(43-17-6-2-7-18-43)48-30-34-60-54(39-48)52-35-40(28-32-58(52)65-60)41-27-31-50-49-23-10-12-25-55(49)63(56(50)36-41)44-19-8-3-9-20-44/h1-39H. The molecule has 0 N–H and O–H groups in total. The maximum Gasteiger partial charge on any atom is 0.0547 e. The SMILES string of the molecule is c1ccc(N(c2cccc(N(c3ccccc3)c3ccc4sc5ccc(-c6ccc7c8ccccc8n(-c8ccccc8)c7c6)cc5c4c3)c2)c2ccc3sc4ccccc4c3c2)cc1. The number of para-hydroxylation sites is 4. The van der Waals surface area contributed by atoms with Crippen molar-refractivity contribution < 1.29 is 0 Å². The van der Waals surface area contributed by atoms with Crippen LogP contribution in [0, 0.1) is 0 Å². The fourth-order valence-electron chi connectivity index (χ4n) is 9.76. The molecule has 0 aliphatic heterocycles. The smallest absolute Gasteiger partial charge is 0.0547 e. The van der Waals surface area contributed by atoms with Crippen molar-refractivity contribution in [3.63, 3.8) is 0 Å². The van der Waals surface area contributed by atoms with E-state index in [1.165, 1.54) is 73.3 Å². The Kier molecular flexibility index (Phi) is 8.90. The summed E-state index contributed by atoms with van der Waals surface area (Å²) in [4.78, 5) is 4.78. The van der Waals surface area contributed by atoms with Gasteiger partial charge in [-0.2, -0.15) is 0 Å². The molecule has 3 aromatic heterocycles. The van der Waals surface area contributed by atoms with Gasteiger partial charge < -0.3 is 14.4 Å². The van der Waals surface area contributed by atoms with Crippen LogP contribution in [0.5, 0.6) is 0 Å². The lowest BCUT2D eigenvalue weighted by Crippen LogP contribution is -2.13. The van der Waals surface area contributed by atoms with Crippen molar-refractivity contribution in [2.45, 2.75) is 0 Å². The van der Waals surface area contributed by atoms with Crippen molar-refractivity contribution in [2.24, 2.45) is 0 Å². The van der Waals surface area contributed by atoms with E-state index < -0.39 is 0 Å². The van der Waals surface area contributed by atoms with Gasteiger partial charge in [0.15, 0.2) is 0 Å². The van der Waals surface area contributed by atoms with E-state index >= 15 is 0 Å². The second-order valence-corrected chi connectivity index (χ2v) is 18.7. The number of fused-ring (bicyclic) bond motifs is 9. The van der Waals surface area contributed by atoms with E-state index in [1.54, 1.807) is 0 Å². The van der Waals surface area contributed by atoms with Crippen LogP contribution in [-0.2, 0) is 0 Å². The molecule has 5 heteroatoms. The Morgan fingerprint density at radius 1 is 0.262 bits per heavy atom. The lowest BCUT2D eigenvalue weighted by molar-refractivity contribution is 1.18. The fraction of sp³-hybridized carbons (Fsp3) is 0. The third kappa shape index (κ3) is 6.39. The van der Waals surface area contributed by atoms with Gasteiger partial charge in [-0.15, -0.1) is 22.7 Å². The Bertz CT molecular complexity index is 3900. The van der Waals surface area contributed by atoms with Crippen molar-refractivity contribution in [2.75, 3.05) is 9.80 Å². The van der Waals surface area contributed by atoms with Crippen LogP contribution in [0.2, 0.25) is 0 Å². The second-order valence-electron chi connectivity index (χ2n) is 16.6. The highest BCUT2D eigenvalue weighted by Gasteiger charge is 2.20. The number of rotatable bonds is 8. The molecule has 0 unspecified atom stereocenters. The maximum absolute atomic E-state index is 2.40.